The first kappa shape index (κ1) is 18.2. The van der Waals surface area contributed by atoms with Gasteiger partial charge in [-0.1, -0.05) is 0 Å². The summed E-state index contributed by atoms with van der Waals surface area (Å²) in [5.74, 6) is 1.46. The highest BCUT2D eigenvalue weighted by Gasteiger charge is 2.24. The van der Waals surface area contributed by atoms with Crippen LogP contribution < -0.4 is 15.5 Å². The van der Waals surface area contributed by atoms with Gasteiger partial charge in [-0.05, 0) is 38.1 Å². The van der Waals surface area contributed by atoms with Gasteiger partial charge in [-0.15, -0.1) is 0 Å². The number of nitrogens with one attached hydrogen (secondary N) is 3. The van der Waals surface area contributed by atoms with Gasteiger partial charge >= 0.3 is 6.03 Å². The number of amides is 2. The van der Waals surface area contributed by atoms with Crippen LogP contribution in [0.1, 0.15) is 13.8 Å². The van der Waals surface area contributed by atoms with E-state index in [2.05, 4.69) is 37.6 Å². The largest absolute Gasteiger partial charge is 0.377 e. The molecule has 0 aliphatic carbocycles. The van der Waals surface area contributed by atoms with Gasteiger partial charge in [0.1, 0.15) is 5.82 Å². The lowest BCUT2D eigenvalue weighted by Crippen LogP contribution is -2.44. The predicted molar refractivity (Wildman–Crippen MR) is 107 cm³/mol. The van der Waals surface area contributed by atoms with Crippen LogP contribution in [0.25, 0.3) is 22.4 Å². The average molecular weight is 381 g/mol. The Balaban J connectivity index is 1.66. The predicted octanol–water partition coefficient (Wildman–Crippen LogP) is 2.39. The molecule has 1 aromatic carbocycles. The van der Waals surface area contributed by atoms with Crippen molar-refractivity contribution in [3.8, 4) is 11.4 Å². The second-order valence-electron chi connectivity index (χ2n) is 6.68. The molecule has 1 aliphatic heterocycles. The van der Waals surface area contributed by atoms with Crippen molar-refractivity contribution < 1.29 is 9.53 Å². The molecule has 2 aromatic heterocycles. The molecule has 0 unspecified atom stereocenters. The van der Waals surface area contributed by atoms with Gasteiger partial charge in [0.05, 0.1) is 30.8 Å². The summed E-state index contributed by atoms with van der Waals surface area (Å²) < 4.78 is 5.56. The number of anilines is 2. The fourth-order valence-corrected chi connectivity index (χ4v) is 3.25. The number of carbonyl (C=O) groups is 1. The first-order valence-electron chi connectivity index (χ1n) is 9.36. The van der Waals surface area contributed by atoms with Crippen molar-refractivity contribution in [3.63, 3.8) is 0 Å². The van der Waals surface area contributed by atoms with Crippen molar-refractivity contribution in [3.05, 3.63) is 30.5 Å². The molecule has 1 fully saturated rings. The molecule has 3 N–H and O–H groups in total. The fourth-order valence-electron chi connectivity index (χ4n) is 3.25. The number of carbonyl (C=O) groups excluding carboxylic acids is 1. The molecule has 1 saturated heterocycles. The van der Waals surface area contributed by atoms with Crippen LogP contribution in [0.5, 0.6) is 0 Å². The van der Waals surface area contributed by atoms with E-state index in [-0.39, 0.29) is 12.1 Å². The molecule has 1 aliphatic rings. The standard InChI is InChI=1S/C19H23N7O2/c1-3-20-19(27)22-14-6-4-13(5-7-14)16-23-17-15(10-21-25-17)18(24-16)26-8-9-28-11-12(26)2/h4-7,10,12H,3,8-9,11H2,1-2H3,(H2,20,22,27)(H,21,23,24,25)/t12-/m1/s1. The quantitative estimate of drug-likeness (QED) is 0.640. The number of aromatic amines is 1. The minimum atomic E-state index is -0.228. The second kappa shape index (κ2) is 7.81. The molecule has 9 nitrogen and oxygen atoms in total. The van der Waals surface area contributed by atoms with E-state index in [0.717, 1.165) is 23.3 Å². The lowest BCUT2D eigenvalue weighted by molar-refractivity contribution is 0.0987. The Morgan fingerprint density at radius 2 is 2.14 bits per heavy atom. The van der Waals surface area contributed by atoms with E-state index in [1.807, 2.05) is 31.2 Å². The zero-order valence-electron chi connectivity index (χ0n) is 15.9. The van der Waals surface area contributed by atoms with Gasteiger partial charge < -0.3 is 20.3 Å². The van der Waals surface area contributed by atoms with Crippen molar-refractivity contribution in [1.82, 2.24) is 25.5 Å². The molecule has 1 atom stereocenters. The number of hydrogen-bond acceptors (Lipinski definition) is 6. The number of aromatic nitrogens is 4. The van der Waals surface area contributed by atoms with Gasteiger partial charge in [-0.25, -0.2) is 14.8 Å². The maximum absolute atomic E-state index is 11.7. The molecule has 9 heteroatoms. The first-order chi connectivity index (χ1) is 13.7. The number of benzene rings is 1. The zero-order valence-corrected chi connectivity index (χ0v) is 15.9. The third-order valence-electron chi connectivity index (χ3n) is 4.67. The number of urea groups is 1. The van der Waals surface area contributed by atoms with E-state index < -0.39 is 0 Å². The van der Waals surface area contributed by atoms with E-state index in [4.69, 9.17) is 9.72 Å². The maximum Gasteiger partial charge on any atom is 0.319 e. The Bertz CT molecular complexity index is 970. The Morgan fingerprint density at radius 1 is 1.32 bits per heavy atom. The molecule has 2 amide bonds. The van der Waals surface area contributed by atoms with Crippen LogP contribution in [0.4, 0.5) is 16.3 Å². The zero-order chi connectivity index (χ0) is 19.5. The number of nitrogens with zero attached hydrogens (tertiary/aromatic N) is 4. The Labute approximate surface area is 162 Å². The monoisotopic (exact) mass is 381 g/mol. The van der Waals surface area contributed by atoms with Crippen LogP contribution in [-0.2, 0) is 4.74 Å². The van der Waals surface area contributed by atoms with Gasteiger partial charge in [-0.3, -0.25) is 5.10 Å². The number of fused-ring (bicyclic) bond motifs is 1. The maximum atomic E-state index is 11.7. The molecule has 0 radical (unpaired) electrons. The van der Waals surface area contributed by atoms with Crippen molar-refractivity contribution in [2.24, 2.45) is 0 Å². The number of rotatable bonds is 4. The highest BCUT2D eigenvalue weighted by molar-refractivity contribution is 5.90. The Kier molecular flexibility index (Phi) is 5.07. The molecular formula is C19H23N7O2. The lowest BCUT2D eigenvalue weighted by Gasteiger charge is -2.34. The van der Waals surface area contributed by atoms with Gasteiger partial charge in [0.2, 0.25) is 0 Å². The molecule has 0 spiro atoms. The molecule has 0 saturated carbocycles. The van der Waals surface area contributed by atoms with Crippen LogP contribution >= 0.6 is 0 Å². The highest BCUT2D eigenvalue weighted by Crippen LogP contribution is 2.29. The smallest absolute Gasteiger partial charge is 0.319 e. The van der Waals surface area contributed by atoms with Crippen LogP contribution in [0.3, 0.4) is 0 Å². The van der Waals surface area contributed by atoms with Crippen molar-refractivity contribution >= 4 is 28.6 Å². The van der Waals surface area contributed by atoms with Gasteiger partial charge in [0.25, 0.3) is 0 Å². The highest BCUT2D eigenvalue weighted by atomic mass is 16.5. The summed E-state index contributed by atoms with van der Waals surface area (Å²) in [7, 11) is 0. The van der Waals surface area contributed by atoms with Gasteiger partial charge in [-0.2, -0.15) is 5.10 Å². The first-order valence-corrected chi connectivity index (χ1v) is 9.36. The summed E-state index contributed by atoms with van der Waals surface area (Å²) in [6, 6.07) is 7.45. The summed E-state index contributed by atoms with van der Waals surface area (Å²) >= 11 is 0. The number of ether oxygens (including phenoxy) is 1. The third kappa shape index (κ3) is 3.61. The van der Waals surface area contributed by atoms with Crippen LogP contribution in [0.15, 0.2) is 30.5 Å². The normalized spacial score (nSPS) is 16.9. The minimum Gasteiger partial charge on any atom is -0.377 e. The fraction of sp³-hybridized carbons (Fsp3) is 0.368. The Morgan fingerprint density at radius 3 is 2.89 bits per heavy atom. The lowest BCUT2D eigenvalue weighted by atomic mass is 10.2. The van der Waals surface area contributed by atoms with Gasteiger partial charge in [0, 0.05) is 24.3 Å². The molecule has 3 heterocycles. The summed E-state index contributed by atoms with van der Waals surface area (Å²) in [5.41, 5.74) is 2.27. The topological polar surface area (TPSA) is 108 Å². The molecule has 3 aromatic rings. The molecule has 146 valence electrons. The van der Waals surface area contributed by atoms with Crippen LogP contribution in [0.2, 0.25) is 0 Å². The number of H-pyrrole nitrogens is 1. The Hall–Kier alpha value is -3.20. The molecule has 0 bridgehead atoms. The van der Waals surface area contributed by atoms with E-state index in [1.165, 1.54) is 0 Å². The van der Waals surface area contributed by atoms with Crippen LogP contribution in [0, 0.1) is 0 Å². The van der Waals surface area contributed by atoms with Crippen LogP contribution in [-0.4, -0.2) is 58.5 Å². The van der Waals surface area contributed by atoms with E-state index >= 15 is 0 Å². The van der Waals surface area contributed by atoms with Crippen molar-refractivity contribution in [2.45, 2.75) is 19.9 Å². The minimum absolute atomic E-state index is 0.221. The SMILES string of the molecule is CCNC(=O)Nc1ccc(-c2nc(N3CCOC[C@H]3C)c3cn[nH]c3n2)cc1. The molecular weight excluding hydrogens is 358 g/mol. The third-order valence-corrected chi connectivity index (χ3v) is 4.67. The molecule has 4 rings (SSSR count). The van der Waals surface area contributed by atoms with E-state index in [9.17, 15) is 4.79 Å². The van der Waals surface area contributed by atoms with Crippen molar-refractivity contribution in [1.29, 1.82) is 0 Å². The second-order valence-corrected chi connectivity index (χ2v) is 6.68. The summed E-state index contributed by atoms with van der Waals surface area (Å²) in [5, 5.41) is 13.5. The summed E-state index contributed by atoms with van der Waals surface area (Å²) in [6.07, 6.45) is 1.76. The summed E-state index contributed by atoms with van der Waals surface area (Å²) in [4.78, 5) is 23.4. The molecule has 28 heavy (non-hydrogen) atoms. The summed E-state index contributed by atoms with van der Waals surface area (Å²) in [6.45, 7) is 6.67. The number of morpholine rings is 1. The number of hydrogen-bond donors (Lipinski definition) is 3. The average Bonchev–Trinajstić information content (AvgIpc) is 3.17. The van der Waals surface area contributed by atoms with E-state index in [0.29, 0.717) is 36.9 Å². The van der Waals surface area contributed by atoms with E-state index in [1.54, 1.807) is 6.20 Å². The van der Waals surface area contributed by atoms with Crippen molar-refractivity contribution in [2.75, 3.05) is 36.5 Å². The van der Waals surface area contributed by atoms with Gasteiger partial charge in [0.15, 0.2) is 11.5 Å².